The van der Waals surface area contributed by atoms with Crippen molar-refractivity contribution in [1.82, 2.24) is 15.0 Å². The first-order valence-corrected chi connectivity index (χ1v) is 7.02. The Labute approximate surface area is 109 Å². The fourth-order valence-electron chi connectivity index (χ4n) is 2.52. The highest BCUT2D eigenvalue weighted by Gasteiger charge is 2.34. The summed E-state index contributed by atoms with van der Waals surface area (Å²) < 4.78 is 5.26. The van der Waals surface area contributed by atoms with Crippen LogP contribution in [0.3, 0.4) is 0 Å². The molecular weight excluding hydrogens is 228 g/mol. The van der Waals surface area contributed by atoms with E-state index < -0.39 is 5.54 Å². The van der Waals surface area contributed by atoms with Crippen LogP contribution in [0, 0.1) is 0 Å². The largest absolute Gasteiger partial charge is 0.339 e. The lowest BCUT2D eigenvalue weighted by Gasteiger charge is -2.24. The zero-order valence-corrected chi connectivity index (χ0v) is 11.5. The Balaban J connectivity index is 2.09. The van der Waals surface area contributed by atoms with Crippen molar-refractivity contribution < 1.29 is 4.52 Å². The van der Waals surface area contributed by atoms with Crippen LogP contribution in [-0.4, -0.2) is 34.7 Å². The lowest BCUT2D eigenvalue weighted by Crippen LogP contribution is -2.39. The molecule has 5 heteroatoms. The molecule has 0 bridgehead atoms. The summed E-state index contributed by atoms with van der Waals surface area (Å²) in [5, 5.41) is 4.09. The van der Waals surface area contributed by atoms with Crippen molar-refractivity contribution in [2.45, 2.75) is 51.5 Å². The van der Waals surface area contributed by atoms with Crippen molar-refractivity contribution in [2.24, 2.45) is 5.73 Å². The molecule has 1 aromatic rings. The normalized spacial score (nSPS) is 26.2. The van der Waals surface area contributed by atoms with Crippen LogP contribution in [0.4, 0.5) is 0 Å². The summed E-state index contributed by atoms with van der Waals surface area (Å²) in [5.41, 5.74) is 6.09. The number of hydrogen-bond donors (Lipinski definition) is 1. The number of aromatic nitrogens is 2. The van der Waals surface area contributed by atoms with E-state index in [1.165, 1.54) is 0 Å². The van der Waals surface area contributed by atoms with Crippen molar-refractivity contribution in [3.05, 3.63) is 11.7 Å². The third kappa shape index (κ3) is 2.90. The van der Waals surface area contributed by atoms with Crippen LogP contribution >= 0.6 is 0 Å². The topological polar surface area (TPSA) is 68.2 Å². The van der Waals surface area contributed by atoms with E-state index in [9.17, 15) is 0 Å². The molecule has 0 saturated carbocycles. The third-order valence-electron chi connectivity index (χ3n) is 3.80. The monoisotopic (exact) mass is 252 g/mol. The molecule has 0 spiro atoms. The molecular formula is C13H24N4O. The Morgan fingerprint density at radius 1 is 1.33 bits per heavy atom. The first-order chi connectivity index (χ1) is 8.68. The van der Waals surface area contributed by atoms with Gasteiger partial charge in [0.2, 0.25) is 5.89 Å². The SMILES string of the molecule is CCCc1nc(C2(N)CCCN(CC)CC2)no1. The third-order valence-corrected chi connectivity index (χ3v) is 3.80. The molecule has 1 unspecified atom stereocenters. The van der Waals surface area contributed by atoms with Crippen molar-refractivity contribution in [2.75, 3.05) is 19.6 Å². The number of hydrogen-bond acceptors (Lipinski definition) is 5. The van der Waals surface area contributed by atoms with Gasteiger partial charge in [-0.1, -0.05) is 19.0 Å². The summed E-state index contributed by atoms with van der Waals surface area (Å²) in [4.78, 5) is 6.90. The van der Waals surface area contributed by atoms with Gasteiger partial charge in [-0.15, -0.1) is 0 Å². The smallest absolute Gasteiger partial charge is 0.226 e. The number of rotatable bonds is 4. The van der Waals surface area contributed by atoms with Gasteiger partial charge in [0.25, 0.3) is 0 Å². The van der Waals surface area contributed by atoms with E-state index in [4.69, 9.17) is 10.3 Å². The highest BCUT2D eigenvalue weighted by Crippen LogP contribution is 2.28. The minimum atomic E-state index is -0.403. The lowest BCUT2D eigenvalue weighted by atomic mass is 9.91. The zero-order valence-electron chi connectivity index (χ0n) is 11.5. The number of nitrogens with two attached hydrogens (primary N) is 1. The van der Waals surface area contributed by atoms with Crippen molar-refractivity contribution in [1.29, 1.82) is 0 Å². The average Bonchev–Trinajstić information content (AvgIpc) is 2.75. The predicted octanol–water partition coefficient (Wildman–Crippen LogP) is 1.68. The maximum atomic E-state index is 6.50. The van der Waals surface area contributed by atoms with E-state index in [2.05, 4.69) is 28.9 Å². The average molecular weight is 252 g/mol. The molecule has 1 saturated heterocycles. The Hall–Kier alpha value is -0.940. The molecule has 0 radical (unpaired) electrons. The lowest BCUT2D eigenvalue weighted by molar-refractivity contribution is 0.282. The van der Waals surface area contributed by atoms with Gasteiger partial charge in [-0.25, -0.2) is 0 Å². The quantitative estimate of drug-likeness (QED) is 0.883. The summed E-state index contributed by atoms with van der Waals surface area (Å²) in [6.07, 6.45) is 4.80. The molecule has 102 valence electrons. The number of likely N-dealkylation sites (tertiary alicyclic amines) is 1. The molecule has 5 nitrogen and oxygen atoms in total. The molecule has 2 rings (SSSR count). The van der Waals surface area contributed by atoms with E-state index >= 15 is 0 Å². The molecule has 0 aromatic carbocycles. The van der Waals surface area contributed by atoms with Crippen LogP contribution < -0.4 is 5.73 Å². The molecule has 1 fully saturated rings. The van der Waals surface area contributed by atoms with Gasteiger partial charge in [0.05, 0.1) is 5.54 Å². The van der Waals surface area contributed by atoms with E-state index in [0.29, 0.717) is 11.7 Å². The van der Waals surface area contributed by atoms with Gasteiger partial charge in [-0.3, -0.25) is 0 Å². The van der Waals surface area contributed by atoms with Gasteiger partial charge >= 0.3 is 0 Å². The maximum absolute atomic E-state index is 6.50. The second-order valence-corrected chi connectivity index (χ2v) is 5.21. The van der Waals surface area contributed by atoms with Crippen LogP contribution in [-0.2, 0) is 12.0 Å². The van der Waals surface area contributed by atoms with E-state index in [1.807, 2.05) is 0 Å². The minimum absolute atomic E-state index is 0.403. The maximum Gasteiger partial charge on any atom is 0.226 e. The van der Waals surface area contributed by atoms with E-state index in [1.54, 1.807) is 0 Å². The van der Waals surface area contributed by atoms with Crippen LogP contribution in [0.25, 0.3) is 0 Å². The first kappa shape index (κ1) is 13.5. The summed E-state index contributed by atoms with van der Waals surface area (Å²) in [6.45, 7) is 7.52. The Kier molecular flexibility index (Phi) is 4.35. The summed E-state index contributed by atoms with van der Waals surface area (Å²) in [6, 6.07) is 0. The Bertz CT molecular complexity index is 379. The van der Waals surface area contributed by atoms with Crippen molar-refractivity contribution >= 4 is 0 Å². The molecule has 18 heavy (non-hydrogen) atoms. The van der Waals surface area contributed by atoms with Gasteiger partial charge in [0, 0.05) is 13.0 Å². The molecule has 2 N–H and O–H groups in total. The summed E-state index contributed by atoms with van der Waals surface area (Å²) in [5.74, 6) is 1.41. The van der Waals surface area contributed by atoms with Gasteiger partial charge in [0.1, 0.15) is 0 Å². The predicted molar refractivity (Wildman–Crippen MR) is 70.1 cm³/mol. The van der Waals surface area contributed by atoms with Gasteiger partial charge in [-0.2, -0.15) is 4.98 Å². The van der Waals surface area contributed by atoms with Crippen molar-refractivity contribution in [3.63, 3.8) is 0 Å². The zero-order chi connectivity index (χ0) is 13.0. The molecule has 1 aliphatic rings. The molecule has 0 aliphatic carbocycles. The molecule has 1 aliphatic heterocycles. The van der Waals surface area contributed by atoms with Gasteiger partial charge < -0.3 is 15.2 Å². The number of aryl methyl sites for hydroxylation is 1. The van der Waals surface area contributed by atoms with Gasteiger partial charge in [-0.05, 0) is 38.8 Å². The van der Waals surface area contributed by atoms with Crippen LogP contribution in [0.5, 0.6) is 0 Å². The van der Waals surface area contributed by atoms with E-state index in [0.717, 1.165) is 51.7 Å². The van der Waals surface area contributed by atoms with Crippen LogP contribution in [0.15, 0.2) is 4.52 Å². The molecule has 1 aromatic heterocycles. The fraction of sp³-hybridized carbons (Fsp3) is 0.846. The number of nitrogens with zero attached hydrogens (tertiary/aromatic N) is 3. The minimum Gasteiger partial charge on any atom is -0.339 e. The first-order valence-electron chi connectivity index (χ1n) is 7.02. The Morgan fingerprint density at radius 3 is 2.89 bits per heavy atom. The van der Waals surface area contributed by atoms with Gasteiger partial charge in [0.15, 0.2) is 5.82 Å². The molecule has 1 atom stereocenters. The Morgan fingerprint density at radius 2 is 2.17 bits per heavy atom. The molecule has 0 amide bonds. The fourth-order valence-corrected chi connectivity index (χ4v) is 2.52. The summed E-state index contributed by atoms with van der Waals surface area (Å²) >= 11 is 0. The highest BCUT2D eigenvalue weighted by molar-refractivity contribution is 5.05. The standard InChI is InChI=1S/C13H24N4O/c1-3-6-11-15-12(16-18-11)13(14)7-5-9-17(4-2)10-8-13/h3-10,14H2,1-2H3. The summed E-state index contributed by atoms with van der Waals surface area (Å²) in [7, 11) is 0. The van der Waals surface area contributed by atoms with Crippen molar-refractivity contribution in [3.8, 4) is 0 Å². The van der Waals surface area contributed by atoms with Crippen LogP contribution in [0.1, 0.15) is 51.2 Å². The second-order valence-electron chi connectivity index (χ2n) is 5.21. The van der Waals surface area contributed by atoms with Crippen LogP contribution in [0.2, 0.25) is 0 Å². The molecule has 2 heterocycles. The highest BCUT2D eigenvalue weighted by atomic mass is 16.5. The van der Waals surface area contributed by atoms with E-state index in [-0.39, 0.29) is 0 Å². The second kappa shape index (κ2) is 5.80.